The van der Waals surface area contributed by atoms with Gasteiger partial charge in [0.25, 0.3) is 0 Å². The molecule has 20 atom stereocenters. The molecule has 28 nitrogen and oxygen atoms in total. The van der Waals surface area contributed by atoms with Gasteiger partial charge in [-0.05, 0) is 121 Å². The zero-order valence-electron chi connectivity index (χ0n) is 53.3. The number of cyclic esters (lactones) is 2. The molecule has 10 aliphatic rings. The summed E-state index contributed by atoms with van der Waals surface area (Å²) in [6.45, 7) is 13.3. The van der Waals surface area contributed by atoms with Crippen LogP contribution in [0.3, 0.4) is 0 Å². The molecular formula is C62H72Na2O28P2. The monoisotopic (exact) mass is 1370 g/mol. The maximum atomic E-state index is 13.5. The number of carbonyl (C=O) groups excluding carboxylic acids is 2. The molecule has 6 saturated heterocycles. The summed E-state index contributed by atoms with van der Waals surface area (Å²) in [5.41, 5.74) is 7.35. The third-order valence-corrected chi connectivity index (χ3v) is 19.6. The van der Waals surface area contributed by atoms with E-state index in [4.69, 9.17) is 80.3 Å². The Morgan fingerprint density at radius 1 is 0.500 bits per heavy atom. The Morgan fingerprint density at radius 3 is 1.22 bits per heavy atom. The number of fused-ring (bicyclic) bond motifs is 8. The van der Waals surface area contributed by atoms with Gasteiger partial charge in [0, 0.05) is 37.0 Å². The van der Waals surface area contributed by atoms with Crippen molar-refractivity contribution in [3.63, 3.8) is 0 Å². The topological polar surface area (TPSA) is 361 Å². The predicted molar refractivity (Wildman–Crippen MR) is 306 cm³/mol. The maximum Gasteiger partial charge on any atom is 1.00 e. The van der Waals surface area contributed by atoms with Crippen LogP contribution in [0.25, 0.3) is 0 Å². The van der Waals surface area contributed by atoms with Crippen molar-refractivity contribution in [3.8, 4) is 34.5 Å². The molecule has 0 aromatic heterocycles. The van der Waals surface area contributed by atoms with E-state index in [9.17, 15) is 48.9 Å². The zero-order chi connectivity index (χ0) is 65.0. The first-order valence-electron chi connectivity index (χ1n) is 30.2. The minimum atomic E-state index is -5.23. The Hall–Kier alpha value is -3.56. The molecular weight excluding hydrogens is 1300 g/mol. The normalized spacial score (nSPS) is 34.1. The number of ether oxygens (including phenoxy) is 16. The van der Waals surface area contributed by atoms with Crippen LogP contribution >= 0.6 is 15.2 Å². The summed E-state index contributed by atoms with van der Waals surface area (Å²) in [6, 6.07) is 14.9. The van der Waals surface area contributed by atoms with Crippen molar-refractivity contribution in [2.24, 2.45) is 23.7 Å². The van der Waals surface area contributed by atoms with Gasteiger partial charge in [0.1, 0.15) is 60.3 Å². The van der Waals surface area contributed by atoms with Crippen molar-refractivity contribution < 1.29 is 193 Å². The van der Waals surface area contributed by atoms with Gasteiger partial charge in [0.05, 0.1) is 58.3 Å². The van der Waals surface area contributed by atoms with Gasteiger partial charge >= 0.3 is 71.1 Å². The molecule has 0 amide bonds. The molecule has 32 heteroatoms. The molecule has 4 aromatic rings. The standard InChI is InChI=1S/C32H39O13P.C30H35O15P.2Na/c1-14-6-17(7-15(2)28(14)41-13-42-46(4,5)36)24-18-8-21-22(40-12-39-21)9-19(18)29(20-10-38-31(35)25(20)24)45-32-27(34)26(33)30-23(44-32)11-37-16(3)43-30;1-12-4-15(5-13(2)26(12)41-11-42-46(34,35)36)22-16-6-19-20(40-10-39-19)7-17(16)27(18-8-38-29(33)23(18)22)45-30-25(32)24(31)28-21(44-30)9-37-14(3)43-28;;/h6-9,16,20,23-27,29-30,32-34H,10-13H2,1-5H3;4-7,14,18,21-25,27-28,30-32H,8-11H2,1-3H3,(H2,34,35,36);;/q;;2*+1/p-2/t16?,20-,23+,24+,25-,26+,27+,29+,30?,32-;14?,18-,21+,22+,23-,24+,25+,27+,28?,30-;;/m00../s1. The molecule has 500 valence electrons. The van der Waals surface area contributed by atoms with Crippen molar-refractivity contribution in [1.29, 1.82) is 0 Å². The second-order valence-corrected chi connectivity index (χ2v) is 28.8. The van der Waals surface area contributed by atoms with Crippen LogP contribution < -0.4 is 97.3 Å². The number of carbonyl (C=O) groups is 2. The smallest absolute Gasteiger partial charge is 0.790 e. The number of benzene rings is 4. The first-order valence-corrected chi connectivity index (χ1v) is 34.2. The third kappa shape index (κ3) is 14.2. The second-order valence-electron chi connectivity index (χ2n) is 24.9. The largest absolute Gasteiger partial charge is 1.00 e. The Balaban J connectivity index is 0.000000188. The number of hydrogen-bond acceptors (Lipinski definition) is 28. The molecule has 4 aromatic carbocycles. The number of aryl methyl sites for hydroxylation is 4. The van der Waals surface area contributed by atoms with Gasteiger partial charge in [0.15, 0.2) is 69.1 Å². The van der Waals surface area contributed by atoms with Gasteiger partial charge in [-0.25, -0.2) is 0 Å². The van der Waals surface area contributed by atoms with E-state index in [0.29, 0.717) is 56.8 Å². The molecule has 0 bridgehead atoms. The van der Waals surface area contributed by atoms with Crippen LogP contribution in [0.15, 0.2) is 48.5 Å². The van der Waals surface area contributed by atoms with Gasteiger partial charge in [-0.2, -0.15) is 0 Å². The number of hydrogen-bond donors (Lipinski definition) is 4. The Morgan fingerprint density at radius 2 is 0.862 bits per heavy atom. The van der Waals surface area contributed by atoms with Crippen LogP contribution in [-0.4, -0.2) is 173 Å². The van der Waals surface area contributed by atoms with Gasteiger partial charge in [-0.1, -0.05) is 24.3 Å². The summed E-state index contributed by atoms with van der Waals surface area (Å²) in [5.74, 6) is -1.16. The van der Waals surface area contributed by atoms with Crippen LogP contribution in [-0.2, 0) is 75.1 Å². The van der Waals surface area contributed by atoms with E-state index in [2.05, 4.69) is 4.52 Å². The van der Waals surface area contributed by atoms with Crippen molar-refractivity contribution in [3.05, 3.63) is 104 Å². The summed E-state index contributed by atoms with van der Waals surface area (Å²) in [7, 11) is -7.95. The van der Waals surface area contributed by atoms with E-state index in [1.807, 2.05) is 50.2 Å². The quantitative estimate of drug-likeness (QED) is 0.0440. The first kappa shape index (κ1) is 71.7. The second kappa shape index (κ2) is 28.6. The summed E-state index contributed by atoms with van der Waals surface area (Å²) < 4.78 is 126. The van der Waals surface area contributed by atoms with Crippen molar-refractivity contribution in [1.82, 2.24) is 0 Å². The minimum Gasteiger partial charge on any atom is -0.790 e. The fraction of sp³-hybridized carbons (Fsp3) is 0.581. The molecule has 0 spiro atoms. The SMILES string of the molecule is Cc1cc([C@@H]2c3cc4c(cc3[C@@H](O[C@@H]3O[C@@H]5COC(C)OC5[C@H](O)[C@H]3O)[C@H]3COC(=O)[C@H]23)OCO4)cc(C)c1OCOP(=O)([O-])[O-].Cc1cc([C@@H]2c3cc4c(cc3[C@@H](O[C@@H]3O[C@@H]5COC(C)OC5[C@H](O)[C@H]3O)[C@H]3COC(=O)[C@H]23)OCO4)cc(C)c1OCOP(C)(C)=O.[Na+].[Na+]. The van der Waals surface area contributed by atoms with Gasteiger partial charge in [0.2, 0.25) is 13.6 Å². The number of phosphoric ester groups is 1. The molecule has 0 saturated carbocycles. The Kier molecular flexibility index (Phi) is 21.8. The van der Waals surface area contributed by atoms with Gasteiger partial charge in [-0.3, -0.25) is 18.7 Å². The first-order chi connectivity index (χ1) is 43.8. The number of esters is 2. The average Bonchev–Trinajstić information content (AvgIpc) is 1.46. The fourth-order valence-electron chi connectivity index (χ4n) is 14.4. The Bertz CT molecular complexity index is 3310. The summed E-state index contributed by atoms with van der Waals surface area (Å²) in [5, 5.41) is 44.1. The summed E-state index contributed by atoms with van der Waals surface area (Å²) in [4.78, 5) is 48.8. The van der Waals surface area contributed by atoms with Crippen LogP contribution in [0, 0.1) is 51.4 Å². The minimum absolute atomic E-state index is 0. The molecule has 2 aliphatic carbocycles. The van der Waals surface area contributed by atoms with Crippen LogP contribution in [0.2, 0.25) is 0 Å². The number of aliphatic hydroxyl groups excluding tert-OH is 4. The van der Waals surface area contributed by atoms with Gasteiger partial charge in [-0.15, -0.1) is 0 Å². The number of rotatable bonds is 14. The van der Waals surface area contributed by atoms with E-state index in [-0.39, 0.29) is 112 Å². The molecule has 14 rings (SSSR count). The average molecular weight is 1370 g/mol. The fourth-order valence-corrected chi connectivity index (χ4v) is 14.9. The number of aliphatic hydroxyl groups is 4. The molecule has 94 heavy (non-hydrogen) atoms. The number of phosphoric acid groups is 1. The Labute approximate surface area is 584 Å². The van der Waals surface area contributed by atoms with Crippen LogP contribution in [0.1, 0.15) is 93.5 Å². The van der Waals surface area contributed by atoms with Crippen molar-refractivity contribution in [2.45, 2.75) is 140 Å². The van der Waals surface area contributed by atoms with E-state index in [1.165, 1.54) is 13.3 Å². The van der Waals surface area contributed by atoms with E-state index in [0.717, 1.165) is 33.4 Å². The van der Waals surface area contributed by atoms with E-state index < -0.39 is 150 Å². The van der Waals surface area contributed by atoms with E-state index >= 15 is 0 Å². The van der Waals surface area contributed by atoms with Gasteiger partial charge < -0.3 is 115 Å². The maximum absolute atomic E-state index is 13.5. The molecule has 6 fully saturated rings. The molecule has 4 unspecified atom stereocenters. The third-order valence-electron chi connectivity index (χ3n) is 18.4. The van der Waals surface area contributed by atoms with Crippen LogP contribution in [0.4, 0.5) is 0 Å². The summed E-state index contributed by atoms with van der Waals surface area (Å²) in [6.07, 6.45) is -13.7. The molecule has 8 aliphatic heterocycles. The molecule has 4 N–H and O–H groups in total. The van der Waals surface area contributed by atoms with Crippen molar-refractivity contribution >= 4 is 27.1 Å². The zero-order valence-corrected chi connectivity index (χ0v) is 59.1. The van der Waals surface area contributed by atoms with E-state index in [1.54, 1.807) is 39.8 Å². The molecule has 8 heterocycles. The molecule has 0 radical (unpaired) electrons. The summed E-state index contributed by atoms with van der Waals surface area (Å²) >= 11 is 0. The van der Waals surface area contributed by atoms with Crippen LogP contribution in [0.5, 0.6) is 34.5 Å². The van der Waals surface area contributed by atoms with Crippen molar-refractivity contribution in [2.75, 3.05) is 66.9 Å². The predicted octanol–water partition coefficient (Wildman–Crippen LogP) is -2.45.